The number of esters is 1. The lowest BCUT2D eigenvalue weighted by Crippen LogP contribution is -2.22. The molecular formula is C14H20N2O3. The van der Waals surface area contributed by atoms with Gasteiger partial charge in [-0.05, 0) is 25.1 Å². The van der Waals surface area contributed by atoms with Gasteiger partial charge in [-0.2, -0.15) is 0 Å². The predicted molar refractivity (Wildman–Crippen MR) is 75.0 cm³/mol. The van der Waals surface area contributed by atoms with Gasteiger partial charge in [0.05, 0.1) is 12.5 Å². The molecule has 0 saturated heterocycles. The zero-order chi connectivity index (χ0) is 14.3. The Hall–Kier alpha value is -2.04. The van der Waals surface area contributed by atoms with E-state index >= 15 is 0 Å². The highest BCUT2D eigenvalue weighted by molar-refractivity contribution is 5.89. The zero-order valence-corrected chi connectivity index (χ0v) is 11.5. The molecule has 5 heteroatoms. The number of hydrogen-bond acceptors (Lipinski definition) is 4. The molecule has 5 nitrogen and oxygen atoms in total. The summed E-state index contributed by atoms with van der Waals surface area (Å²) in [5.41, 5.74) is 1.57. The second-order valence-electron chi connectivity index (χ2n) is 4.30. The maximum atomic E-state index is 11.5. The molecule has 1 aromatic carbocycles. The van der Waals surface area contributed by atoms with Crippen molar-refractivity contribution in [1.82, 2.24) is 0 Å². The highest BCUT2D eigenvalue weighted by Crippen LogP contribution is 2.15. The molecule has 0 heterocycles. The van der Waals surface area contributed by atoms with Gasteiger partial charge >= 0.3 is 5.97 Å². The lowest BCUT2D eigenvalue weighted by Gasteiger charge is -2.13. The van der Waals surface area contributed by atoms with Crippen molar-refractivity contribution in [3.63, 3.8) is 0 Å². The van der Waals surface area contributed by atoms with Gasteiger partial charge in [0, 0.05) is 24.8 Å². The lowest BCUT2D eigenvalue weighted by molar-refractivity contribution is -0.146. The van der Waals surface area contributed by atoms with Gasteiger partial charge in [0.25, 0.3) is 0 Å². The summed E-state index contributed by atoms with van der Waals surface area (Å²) in [7, 11) is 0. The predicted octanol–water partition coefficient (Wildman–Crippen LogP) is 2.26. The molecule has 104 valence electrons. The molecule has 0 aromatic heterocycles. The normalized spacial score (nSPS) is 11.5. The van der Waals surface area contributed by atoms with Crippen LogP contribution in [0.3, 0.4) is 0 Å². The number of anilines is 2. The van der Waals surface area contributed by atoms with Crippen LogP contribution in [0.5, 0.6) is 0 Å². The van der Waals surface area contributed by atoms with Crippen molar-refractivity contribution >= 4 is 23.3 Å². The number of carbonyl (C=O) groups is 2. The molecule has 0 bridgehead atoms. The maximum Gasteiger partial charge on any atom is 0.310 e. The Morgan fingerprint density at radius 3 is 2.63 bits per heavy atom. The fourth-order valence-corrected chi connectivity index (χ4v) is 1.55. The molecular weight excluding hydrogens is 244 g/mol. The Kier molecular flexibility index (Phi) is 5.85. The van der Waals surface area contributed by atoms with E-state index in [4.69, 9.17) is 4.74 Å². The SMILES string of the molecule is CCOC(=O)C(C)CNc1cccc(NC(C)=O)c1. The third-order valence-corrected chi connectivity index (χ3v) is 2.48. The Morgan fingerprint density at radius 1 is 1.32 bits per heavy atom. The summed E-state index contributed by atoms with van der Waals surface area (Å²) >= 11 is 0. The van der Waals surface area contributed by atoms with Gasteiger partial charge in [-0.1, -0.05) is 13.0 Å². The third kappa shape index (κ3) is 5.42. The topological polar surface area (TPSA) is 67.4 Å². The van der Waals surface area contributed by atoms with E-state index in [1.165, 1.54) is 6.92 Å². The van der Waals surface area contributed by atoms with Gasteiger partial charge in [-0.3, -0.25) is 9.59 Å². The summed E-state index contributed by atoms with van der Waals surface area (Å²) in [5, 5.41) is 5.85. The van der Waals surface area contributed by atoms with E-state index < -0.39 is 0 Å². The van der Waals surface area contributed by atoms with Crippen LogP contribution >= 0.6 is 0 Å². The van der Waals surface area contributed by atoms with Gasteiger partial charge in [-0.25, -0.2) is 0 Å². The average Bonchev–Trinajstić information content (AvgIpc) is 2.36. The zero-order valence-electron chi connectivity index (χ0n) is 11.5. The van der Waals surface area contributed by atoms with Gasteiger partial charge in [-0.15, -0.1) is 0 Å². The van der Waals surface area contributed by atoms with Crippen LogP contribution < -0.4 is 10.6 Å². The first kappa shape index (κ1) is 15.0. The van der Waals surface area contributed by atoms with E-state index in [-0.39, 0.29) is 17.8 Å². The van der Waals surface area contributed by atoms with Crippen LogP contribution in [0.25, 0.3) is 0 Å². The molecule has 0 spiro atoms. The molecule has 2 N–H and O–H groups in total. The summed E-state index contributed by atoms with van der Waals surface area (Å²) < 4.78 is 4.93. The fraction of sp³-hybridized carbons (Fsp3) is 0.429. The van der Waals surface area contributed by atoms with E-state index in [1.807, 2.05) is 25.1 Å². The lowest BCUT2D eigenvalue weighted by atomic mass is 10.2. The highest BCUT2D eigenvalue weighted by atomic mass is 16.5. The Morgan fingerprint density at radius 2 is 2.00 bits per heavy atom. The average molecular weight is 264 g/mol. The van der Waals surface area contributed by atoms with Gasteiger partial charge in [0.1, 0.15) is 0 Å². The van der Waals surface area contributed by atoms with E-state index in [0.717, 1.165) is 11.4 Å². The fourth-order valence-electron chi connectivity index (χ4n) is 1.55. The summed E-state index contributed by atoms with van der Waals surface area (Å²) in [6.45, 7) is 5.93. The van der Waals surface area contributed by atoms with Crippen molar-refractivity contribution in [2.45, 2.75) is 20.8 Å². The van der Waals surface area contributed by atoms with Crippen LogP contribution in [0.1, 0.15) is 20.8 Å². The Balaban J connectivity index is 2.53. The standard InChI is InChI=1S/C14H20N2O3/c1-4-19-14(18)10(2)9-15-12-6-5-7-13(8-12)16-11(3)17/h5-8,10,15H,4,9H2,1-3H3,(H,16,17). The van der Waals surface area contributed by atoms with Crippen LogP contribution in [0, 0.1) is 5.92 Å². The number of amides is 1. The highest BCUT2D eigenvalue weighted by Gasteiger charge is 2.13. The quantitative estimate of drug-likeness (QED) is 0.773. The number of hydrogen-bond donors (Lipinski definition) is 2. The Bertz CT molecular complexity index is 446. The number of ether oxygens (including phenoxy) is 1. The smallest absolute Gasteiger partial charge is 0.310 e. The third-order valence-electron chi connectivity index (χ3n) is 2.48. The molecule has 1 unspecified atom stereocenters. The number of benzene rings is 1. The second-order valence-corrected chi connectivity index (χ2v) is 4.30. The second kappa shape index (κ2) is 7.41. The summed E-state index contributed by atoms with van der Waals surface area (Å²) in [4.78, 5) is 22.4. The molecule has 1 rings (SSSR count). The molecule has 19 heavy (non-hydrogen) atoms. The van der Waals surface area contributed by atoms with Crippen molar-refractivity contribution in [3.8, 4) is 0 Å². The van der Waals surface area contributed by atoms with Crippen molar-refractivity contribution in [2.24, 2.45) is 5.92 Å². The van der Waals surface area contributed by atoms with E-state index in [9.17, 15) is 9.59 Å². The van der Waals surface area contributed by atoms with Crippen LogP contribution in [0.2, 0.25) is 0 Å². The molecule has 0 saturated carbocycles. The van der Waals surface area contributed by atoms with Crippen molar-refractivity contribution < 1.29 is 14.3 Å². The van der Waals surface area contributed by atoms with Crippen LogP contribution in [-0.2, 0) is 14.3 Å². The largest absolute Gasteiger partial charge is 0.466 e. The van der Waals surface area contributed by atoms with Crippen molar-refractivity contribution in [1.29, 1.82) is 0 Å². The minimum atomic E-state index is -0.218. The monoisotopic (exact) mass is 264 g/mol. The minimum absolute atomic E-state index is 0.114. The summed E-state index contributed by atoms with van der Waals surface area (Å²) in [5.74, 6) is -0.547. The summed E-state index contributed by atoms with van der Waals surface area (Å²) in [6, 6.07) is 7.34. The molecule has 0 aliphatic rings. The minimum Gasteiger partial charge on any atom is -0.466 e. The van der Waals surface area contributed by atoms with Crippen molar-refractivity contribution in [2.75, 3.05) is 23.8 Å². The van der Waals surface area contributed by atoms with Gasteiger partial charge in [0.15, 0.2) is 0 Å². The van der Waals surface area contributed by atoms with Crippen LogP contribution in [0.15, 0.2) is 24.3 Å². The molecule has 0 aliphatic heterocycles. The number of nitrogens with one attached hydrogen (secondary N) is 2. The van der Waals surface area contributed by atoms with Gasteiger partial charge < -0.3 is 15.4 Å². The molecule has 0 fully saturated rings. The first-order valence-electron chi connectivity index (χ1n) is 6.31. The molecule has 0 radical (unpaired) electrons. The van der Waals surface area contributed by atoms with E-state index in [0.29, 0.717) is 13.2 Å². The summed E-state index contributed by atoms with van der Waals surface area (Å²) in [6.07, 6.45) is 0. The van der Waals surface area contributed by atoms with Crippen molar-refractivity contribution in [3.05, 3.63) is 24.3 Å². The molecule has 0 aliphatic carbocycles. The van der Waals surface area contributed by atoms with E-state index in [2.05, 4.69) is 10.6 Å². The van der Waals surface area contributed by atoms with Gasteiger partial charge in [0.2, 0.25) is 5.91 Å². The molecule has 1 aromatic rings. The van der Waals surface area contributed by atoms with Crippen LogP contribution in [-0.4, -0.2) is 25.0 Å². The number of carbonyl (C=O) groups excluding carboxylic acids is 2. The maximum absolute atomic E-state index is 11.5. The molecule has 1 atom stereocenters. The first-order chi connectivity index (χ1) is 9.02. The van der Waals surface area contributed by atoms with Crippen LogP contribution in [0.4, 0.5) is 11.4 Å². The first-order valence-corrected chi connectivity index (χ1v) is 6.31. The molecule has 1 amide bonds. The Labute approximate surface area is 113 Å². The van der Waals surface area contributed by atoms with E-state index in [1.54, 1.807) is 13.0 Å². The number of rotatable bonds is 6.